The molecule has 112 valence electrons. The summed E-state index contributed by atoms with van der Waals surface area (Å²) in [4.78, 5) is 0. The maximum Gasteiger partial charge on any atom is 0.236 e. The van der Waals surface area contributed by atoms with Crippen molar-refractivity contribution in [3.63, 3.8) is 0 Å². The molecule has 0 amide bonds. The van der Waals surface area contributed by atoms with Crippen molar-refractivity contribution < 1.29 is 17.5 Å². The molecule has 2 aromatic rings. The number of ether oxygens (including phenoxy) is 1. The molecule has 0 aliphatic rings. The fourth-order valence-corrected chi connectivity index (χ4v) is 2.55. The number of nitrogen functional groups attached to an aromatic ring is 1. The number of benzene rings is 2. The van der Waals surface area contributed by atoms with Crippen LogP contribution in [0.4, 0.5) is 15.8 Å². The van der Waals surface area contributed by atoms with Gasteiger partial charge in [0.2, 0.25) is 10.0 Å². The first kappa shape index (κ1) is 15.1. The standard InChI is InChI=1S/C14H15FN2O3S/c15-11-4-3-5-12(10-11)17-21(18,19)9-8-20-14-7-2-1-6-13(14)16/h1-7,10,17H,8-9,16H2. The maximum absolute atomic E-state index is 13.0. The van der Waals surface area contributed by atoms with E-state index in [9.17, 15) is 12.8 Å². The highest BCUT2D eigenvalue weighted by Gasteiger charge is 2.11. The molecule has 0 radical (unpaired) electrons. The highest BCUT2D eigenvalue weighted by Crippen LogP contribution is 2.19. The summed E-state index contributed by atoms with van der Waals surface area (Å²) >= 11 is 0. The van der Waals surface area contributed by atoms with Crippen LogP contribution in [0.1, 0.15) is 0 Å². The van der Waals surface area contributed by atoms with E-state index in [1.54, 1.807) is 24.3 Å². The maximum atomic E-state index is 13.0. The lowest BCUT2D eigenvalue weighted by atomic mass is 10.3. The molecule has 0 fully saturated rings. The highest BCUT2D eigenvalue weighted by atomic mass is 32.2. The minimum Gasteiger partial charge on any atom is -0.490 e. The molecule has 0 spiro atoms. The van der Waals surface area contributed by atoms with Crippen molar-refractivity contribution in [2.45, 2.75) is 0 Å². The Kier molecular flexibility index (Phi) is 4.64. The zero-order chi connectivity index (χ0) is 15.3. The van der Waals surface area contributed by atoms with Crippen LogP contribution in [-0.4, -0.2) is 20.8 Å². The van der Waals surface area contributed by atoms with Gasteiger partial charge in [0, 0.05) is 0 Å². The highest BCUT2D eigenvalue weighted by molar-refractivity contribution is 7.92. The number of hydrogen-bond donors (Lipinski definition) is 2. The Balaban J connectivity index is 1.91. The molecule has 2 rings (SSSR count). The van der Waals surface area contributed by atoms with E-state index in [0.717, 1.165) is 6.07 Å². The zero-order valence-corrected chi connectivity index (χ0v) is 11.9. The minimum atomic E-state index is -3.62. The Morgan fingerprint density at radius 1 is 1.14 bits per heavy atom. The van der Waals surface area contributed by atoms with Crippen LogP contribution in [0.5, 0.6) is 5.75 Å². The van der Waals surface area contributed by atoms with Gasteiger partial charge in [-0.05, 0) is 30.3 Å². The van der Waals surface area contributed by atoms with Crippen molar-refractivity contribution in [3.05, 3.63) is 54.3 Å². The number of nitrogens with two attached hydrogens (primary N) is 1. The minimum absolute atomic E-state index is 0.0567. The van der Waals surface area contributed by atoms with Crippen LogP contribution in [0, 0.1) is 5.82 Å². The largest absolute Gasteiger partial charge is 0.490 e. The summed E-state index contributed by atoms with van der Waals surface area (Å²) in [6, 6.07) is 12.0. The van der Waals surface area contributed by atoms with Crippen molar-refractivity contribution in [3.8, 4) is 5.75 Å². The van der Waals surface area contributed by atoms with Gasteiger partial charge >= 0.3 is 0 Å². The number of para-hydroxylation sites is 2. The summed E-state index contributed by atoms with van der Waals surface area (Å²) in [6.07, 6.45) is 0. The SMILES string of the molecule is Nc1ccccc1OCCS(=O)(=O)Nc1cccc(F)c1. The molecule has 0 saturated heterocycles. The van der Waals surface area contributed by atoms with Gasteiger partial charge in [0.25, 0.3) is 0 Å². The number of rotatable bonds is 6. The van der Waals surface area contributed by atoms with Gasteiger partial charge in [-0.25, -0.2) is 12.8 Å². The average Bonchev–Trinajstić information content (AvgIpc) is 2.40. The topological polar surface area (TPSA) is 81.4 Å². The van der Waals surface area contributed by atoms with Crippen LogP contribution < -0.4 is 15.2 Å². The third-order valence-corrected chi connectivity index (χ3v) is 3.88. The number of anilines is 2. The molecular weight excluding hydrogens is 295 g/mol. The van der Waals surface area contributed by atoms with Gasteiger partial charge in [-0.15, -0.1) is 0 Å². The fourth-order valence-electron chi connectivity index (χ4n) is 1.66. The van der Waals surface area contributed by atoms with E-state index >= 15 is 0 Å². The molecule has 0 atom stereocenters. The van der Waals surface area contributed by atoms with Gasteiger partial charge in [-0.3, -0.25) is 4.72 Å². The van der Waals surface area contributed by atoms with Gasteiger partial charge in [0.15, 0.2) is 0 Å². The van der Waals surface area contributed by atoms with Crippen LogP contribution in [0.2, 0.25) is 0 Å². The Morgan fingerprint density at radius 3 is 2.62 bits per heavy atom. The molecule has 0 heterocycles. The van der Waals surface area contributed by atoms with Crippen LogP contribution in [0.3, 0.4) is 0 Å². The number of sulfonamides is 1. The second kappa shape index (κ2) is 6.45. The lowest BCUT2D eigenvalue weighted by molar-refractivity contribution is 0.343. The van der Waals surface area contributed by atoms with E-state index in [0.29, 0.717) is 11.4 Å². The fraction of sp³-hybridized carbons (Fsp3) is 0.143. The predicted molar refractivity (Wildman–Crippen MR) is 80.2 cm³/mol. The van der Waals surface area contributed by atoms with Gasteiger partial charge in [-0.1, -0.05) is 18.2 Å². The Bertz CT molecular complexity index is 720. The molecule has 0 aliphatic heterocycles. The molecule has 3 N–H and O–H groups in total. The summed E-state index contributed by atoms with van der Waals surface area (Å²) in [5.41, 5.74) is 6.29. The van der Waals surface area contributed by atoms with Crippen molar-refractivity contribution >= 4 is 21.4 Å². The monoisotopic (exact) mass is 310 g/mol. The first-order chi connectivity index (χ1) is 9.96. The average molecular weight is 310 g/mol. The molecule has 21 heavy (non-hydrogen) atoms. The molecule has 0 bridgehead atoms. The van der Waals surface area contributed by atoms with E-state index in [4.69, 9.17) is 10.5 Å². The summed E-state index contributed by atoms with van der Waals surface area (Å²) in [6.45, 7) is -0.0567. The number of halogens is 1. The van der Waals surface area contributed by atoms with E-state index in [2.05, 4.69) is 4.72 Å². The molecular formula is C14H15FN2O3S. The molecule has 0 saturated carbocycles. The third kappa shape index (κ3) is 4.64. The summed E-state index contributed by atoms with van der Waals surface area (Å²) in [5.74, 6) is -0.348. The Hall–Kier alpha value is -2.28. The van der Waals surface area contributed by atoms with Crippen LogP contribution in [0.15, 0.2) is 48.5 Å². The van der Waals surface area contributed by atoms with Gasteiger partial charge in [0.1, 0.15) is 23.9 Å². The van der Waals surface area contributed by atoms with Gasteiger partial charge < -0.3 is 10.5 Å². The third-order valence-electron chi connectivity index (χ3n) is 2.63. The molecule has 0 aromatic heterocycles. The van der Waals surface area contributed by atoms with E-state index in [1.807, 2.05) is 0 Å². The normalized spacial score (nSPS) is 11.1. The quantitative estimate of drug-likeness (QED) is 0.802. The van der Waals surface area contributed by atoms with Crippen LogP contribution in [0.25, 0.3) is 0 Å². The Morgan fingerprint density at radius 2 is 1.90 bits per heavy atom. The number of nitrogens with one attached hydrogen (secondary N) is 1. The van der Waals surface area contributed by atoms with E-state index in [-0.39, 0.29) is 18.0 Å². The first-order valence-electron chi connectivity index (χ1n) is 6.20. The predicted octanol–water partition coefficient (Wildman–Crippen LogP) is 2.23. The zero-order valence-electron chi connectivity index (χ0n) is 11.1. The van der Waals surface area contributed by atoms with Crippen molar-refractivity contribution in [1.29, 1.82) is 0 Å². The van der Waals surface area contributed by atoms with E-state index in [1.165, 1.54) is 18.2 Å². The van der Waals surface area contributed by atoms with E-state index < -0.39 is 15.8 Å². The number of hydrogen-bond acceptors (Lipinski definition) is 4. The summed E-state index contributed by atoms with van der Waals surface area (Å²) in [5, 5.41) is 0. The molecule has 0 aliphatic carbocycles. The molecule has 7 heteroatoms. The van der Waals surface area contributed by atoms with Crippen molar-refractivity contribution in [2.75, 3.05) is 22.8 Å². The van der Waals surface area contributed by atoms with Gasteiger partial charge in [-0.2, -0.15) is 0 Å². The molecule has 0 unspecified atom stereocenters. The summed E-state index contributed by atoms with van der Waals surface area (Å²) in [7, 11) is -3.62. The smallest absolute Gasteiger partial charge is 0.236 e. The first-order valence-corrected chi connectivity index (χ1v) is 7.85. The van der Waals surface area contributed by atoms with Crippen LogP contribution in [-0.2, 0) is 10.0 Å². The molecule has 2 aromatic carbocycles. The van der Waals surface area contributed by atoms with Gasteiger partial charge in [0.05, 0.1) is 11.4 Å². The lowest BCUT2D eigenvalue weighted by Crippen LogP contribution is -2.21. The lowest BCUT2D eigenvalue weighted by Gasteiger charge is -2.10. The Labute approximate surface area is 122 Å². The second-order valence-electron chi connectivity index (χ2n) is 4.32. The van der Waals surface area contributed by atoms with Crippen molar-refractivity contribution in [1.82, 2.24) is 0 Å². The van der Waals surface area contributed by atoms with Crippen molar-refractivity contribution in [2.24, 2.45) is 0 Å². The summed E-state index contributed by atoms with van der Waals surface area (Å²) < 4.78 is 44.3. The van der Waals surface area contributed by atoms with Crippen LogP contribution >= 0.6 is 0 Å². The second-order valence-corrected chi connectivity index (χ2v) is 6.16. The molecule has 5 nitrogen and oxygen atoms in total.